The lowest BCUT2D eigenvalue weighted by Gasteiger charge is -2.21. The average Bonchev–Trinajstić information content (AvgIpc) is 3.07. The van der Waals surface area contributed by atoms with E-state index in [0.29, 0.717) is 26.2 Å². The van der Waals surface area contributed by atoms with E-state index in [1.807, 2.05) is 47.9 Å². The van der Waals surface area contributed by atoms with E-state index in [0.717, 1.165) is 25.9 Å². The van der Waals surface area contributed by atoms with Crippen LogP contribution in [0, 0.1) is 13.8 Å². The normalized spacial score (nSPS) is 15.6. The first-order valence-electron chi connectivity index (χ1n) is 7.76. The van der Waals surface area contributed by atoms with Crippen molar-refractivity contribution in [1.29, 1.82) is 0 Å². The molecule has 1 fully saturated rings. The molecule has 122 valence electrons. The molecule has 1 saturated heterocycles. The van der Waals surface area contributed by atoms with Crippen LogP contribution in [0.4, 0.5) is 0 Å². The van der Waals surface area contributed by atoms with Crippen molar-refractivity contribution in [3.05, 3.63) is 43.8 Å². The van der Waals surface area contributed by atoms with Crippen LogP contribution in [0.25, 0.3) is 0 Å². The summed E-state index contributed by atoms with van der Waals surface area (Å²) in [5, 5.41) is 0. The Hall–Kier alpha value is -1.66. The van der Waals surface area contributed by atoms with Crippen molar-refractivity contribution < 1.29 is 9.59 Å². The van der Waals surface area contributed by atoms with Crippen LogP contribution in [0.15, 0.2) is 24.3 Å². The molecule has 2 aromatic rings. The standard InChI is InChI=1S/C17H20N2O2S2/c1-12-4-6-14(22-12)16(20)18-8-3-9-19(11-10-18)17(21)15-7-5-13(2)23-15/h4-7H,3,8-11H2,1-2H3. The molecule has 23 heavy (non-hydrogen) atoms. The highest BCUT2D eigenvalue weighted by molar-refractivity contribution is 7.14. The summed E-state index contributed by atoms with van der Waals surface area (Å²) in [6, 6.07) is 7.74. The van der Waals surface area contributed by atoms with Crippen molar-refractivity contribution in [2.45, 2.75) is 20.3 Å². The predicted octanol–water partition coefficient (Wildman–Crippen LogP) is 3.41. The molecular weight excluding hydrogens is 328 g/mol. The average molecular weight is 348 g/mol. The minimum absolute atomic E-state index is 0.0874. The molecule has 0 spiro atoms. The van der Waals surface area contributed by atoms with E-state index in [1.165, 1.54) is 22.7 Å². The van der Waals surface area contributed by atoms with Crippen LogP contribution in [0.2, 0.25) is 0 Å². The third-order valence-electron chi connectivity index (χ3n) is 3.97. The summed E-state index contributed by atoms with van der Waals surface area (Å²) in [5.41, 5.74) is 0. The first-order valence-corrected chi connectivity index (χ1v) is 9.39. The Bertz CT molecular complexity index is 660. The summed E-state index contributed by atoms with van der Waals surface area (Å²) in [4.78, 5) is 32.7. The van der Waals surface area contributed by atoms with Crippen molar-refractivity contribution in [3.8, 4) is 0 Å². The Balaban J connectivity index is 1.65. The molecule has 3 heterocycles. The fourth-order valence-corrected chi connectivity index (χ4v) is 4.41. The van der Waals surface area contributed by atoms with Crippen LogP contribution in [0.1, 0.15) is 35.5 Å². The topological polar surface area (TPSA) is 40.6 Å². The summed E-state index contributed by atoms with van der Waals surface area (Å²) in [6.45, 7) is 6.64. The molecular formula is C17H20N2O2S2. The maximum absolute atomic E-state index is 12.6. The molecule has 3 rings (SSSR count). The summed E-state index contributed by atoms with van der Waals surface area (Å²) in [6.07, 6.45) is 0.826. The first kappa shape index (κ1) is 16.2. The lowest BCUT2D eigenvalue weighted by Crippen LogP contribution is -2.36. The number of amides is 2. The number of aryl methyl sites for hydroxylation is 2. The molecule has 0 aromatic carbocycles. The summed E-state index contributed by atoms with van der Waals surface area (Å²) < 4.78 is 0. The minimum Gasteiger partial charge on any atom is -0.336 e. The Morgan fingerprint density at radius 1 is 0.783 bits per heavy atom. The molecule has 0 bridgehead atoms. The predicted molar refractivity (Wildman–Crippen MR) is 94.5 cm³/mol. The second-order valence-electron chi connectivity index (χ2n) is 5.76. The van der Waals surface area contributed by atoms with E-state index in [9.17, 15) is 9.59 Å². The largest absolute Gasteiger partial charge is 0.336 e. The fraction of sp³-hybridized carbons (Fsp3) is 0.412. The van der Waals surface area contributed by atoms with Gasteiger partial charge in [0.05, 0.1) is 9.75 Å². The summed E-state index contributed by atoms with van der Waals surface area (Å²) >= 11 is 3.07. The van der Waals surface area contributed by atoms with Crippen LogP contribution in [-0.4, -0.2) is 47.8 Å². The van der Waals surface area contributed by atoms with Gasteiger partial charge in [-0.2, -0.15) is 0 Å². The maximum atomic E-state index is 12.6. The maximum Gasteiger partial charge on any atom is 0.263 e. The van der Waals surface area contributed by atoms with Gasteiger partial charge in [-0.1, -0.05) is 0 Å². The Morgan fingerprint density at radius 2 is 1.22 bits per heavy atom. The van der Waals surface area contributed by atoms with E-state index in [-0.39, 0.29) is 11.8 Å². The molecule has 2 aromatic heterocycles. The van der Waals surface area contributed by atoms with Gasteiger partial charge in [-0.3, -0.25) is 9.59 Å². The second-order valence-corrected chi connectivity index (χ2v) is 8.33. The Labute approximate surface area is 144 Å². The number of hydrogen-bond donors (Lipinski definition) is 0. The molecule has 0 saturated carbocycles. The Kier molecular flexibility index (Phi) is 4.82. The van der Waals surface area contributed by atoms with Gasteiger partial charge in [-0.05, 0) is 44.5 Å². The number of rotatable bonds is 2. The van der Waals surface area contributed by atoms with Gasteiger partial charge in [0.1, 0.15) is 0 Å². The van der Waals surface area contributed by atoms with Crippen LogP contribution in [0.5, 0.6) is 0 Å². The van der Waals surface area contributed by atoms with Gasteiger partial charge >= 0.3 is 0 Å². The number of hydrogen-bond acceptors (Lipinski definition) is 4. The molecule has 0 atom stereocenters. The zero-order chi connectivity index (χ0) is 16.4. The number of nitrogens with zero attached hydrogens (tertiary/aromatic N) is 2. The second kappa shape index (κ2) is 6.84. The van der Waals surface area contributed by atoms with Gasteiger partial charge in [0.2, 0.25) is 0 Å². The highest BCUT2D eigenvalue weighted by atomic mass is 32.1. The molecule has 1 aliphatic heterocycles. The monoisotopic (exact) mass is 348 g/mol. The van der Waals surface area contributed by atoms with Crippen molar-refractivity contribution in [2.24, 2.45) is 0 Å². The summed E-state index contributed by atoms with van der Waals surface area (Å²) in [7, 11) is 0. The molecule has 2 amide bonds. The number of thiophene rings is 2. The highest BCUT2D eigenvalue weighted by Gasteiger charge is 2.24. The zero-order valence-electron chi connectivity index (χ0n) is 13.4. The molecule has 1 aliphatic rings. The molecule has 4 nitrogen and oxygen atoms in total. The van der Waals surface area contributed by atoms with Crippen molar-refractivity contribution in [2.75, 3.05) is 26.2 Å². The molecule has 0 radical (unpaired) electrons. The van der Waals surface area contributed by atoms with E-state index in [4.69, 9.17) is 0 Å². The van der Waals surface area contributed by atoms with E-state index in [1.54, 1.807) is 0 Å². The first-order chi connectivity index (χ1) is 11.0. The molecule has 0 unspecified atom stereocenters. The number of carbonyl (C=O) groups excluding carboxylic acids is 2. The third-order valence-corrected chi connectivity index (χ3v) is 5.95. The van der Waals surface area contributed by atoms with Gasteiger partial charge in [-0.15, -0.1) is 22.7 Å². The van der Waals surface area contributed by atoms with Gasteiger partial charge in [-0.25, -0.2) is 0 Å². The Morgan fingerprint density at radius 3 is 1.57 bits per heavy atom. The smallest absolute Gasteiger partial charge is 0.263 e. The van der Waals surface area contributed by atoms with Crippen molar-refractivity contribution in [3.63, 3.8) is 0 Å². The fourth-order valence-electron chi connectivity index (χ4n) is 2.73. The lowest BCUT2D eigenvalue weighted by atomic mass is 10.3. The lowest BCUT2D eigenvalue weighted by molar-refractivity contribution is 0.0723. The zero-order valence-corrected chi connectivity index (χ0v) is 15.0. The summed E-state index contributed by atoms with van der Waals surface area (Å²) in [5.74, 6) is 0.175. The SMILES string of the molecule is Cc1ccc(C(=O)N2CCCN(C(=O)c3ccc(C)s3)CC2)s1. The van der Waals surface area contributed by atoms with Crippen LogP contribution in [-0.2, 0) is 0 Å². The van der Waals surface area contributed by atoms with E-state index in [2.05, 4.69) is 0 Å². The van der Waals surface area contributed by atoms with Crippen LogP contribution < -0.4 is 0 Å². The molecule has 0 aliphatic carbocycles. The van der Waals surface area contributed by atoms with Gasteiger partial charge in [0.15, 0.2) is 0 Å². The highest BCUT2D eigenvalue weighted by Crippen LogP contribution is 2.20. The van der Waals surface area contributed by atoms with Crippen LogP contribution in [0.3, 0.4) is 0 Å². The van der Waals surface area contributed by atoms with Crippen molar-refractivity contribution >= 4 is 34.5 Å². The van der Waals surface area contributed by atoms with E-state index >= 15 is 0 Å². The molecule has 6 heteroatoms. The van der Waals surface area contributed by atoms with Gasteiger partial charge < -0.3 is 9.80 Å². The van der Waals surface area contributed by atoms with Gasteiger partial charge in [0, 0.05) is 35.9 Å². The quantitative estimate of drug-likeness (QED) is 0.834. The molecule has 0 N–H and O–H groups in total. The third kappa shape index (κ3) is 3.64. The minimum atomic E-state index is 0.0874. The van der Waals surface area contributed by atoms with E-state index < -0.39 is 0 Å². The van der Waals surface area contributed by atoms with Crippen molar-refractivity contribution in [1.82, 2.24) is 9.80 Å². The number of carbonyl (C=O) groups is 2. The van der Waals surface area contributed by atoms with Gasteiger partial charge in [0.25, 0.3) is 11.8 Å². The van der Waals surface area contributed by atoms with Crippen LogP contribution >= 0.6 is 22.7 Å².